The van der Waals surface area contributed by atoms with E-state index in [1.807, 2.05) is 76.2 Å². The Balaban J connectivity index is 2.49. The predicted octanol–water partition coefficient (Wildman–Crippen LogP) is 6.11. The number of alkyl carbamates (subject to hydrolysis) is 1. The molecule has 2 rings (SSSR count). The van der Waals surface area contributed by atoms with Crippen molar-refractivity contribution in [2.75, 3.05) is 11.9 Å². The summed E-state index contributed by atoms with van der Waals surface area (Å²) >= 11 is 0. The van der Waals surface area contributed by atoms with Crippen molar-refractivity contribution in [2.24, 2.45) is 5.92 Å². The van der Waals surface area contributed by atoms with Crippen LogP contribution in [0.2, 0.25) is 0 Å². The van der Waals surface area contributed by atoms with Crippen molar-refractivity contribution in [1.82, 2.24) is 10.2 Å². The molecule has 0 aliphatic rings. The lowest BCUT2D eigenvalue weighted by molar-refractivity contribution is -0.140. The lowest BCUT2D eigenvalue weighted by Crippen LogP contribution is -2.52. The van der Waals surface area contributed by atoms with Gasteiger partial charge in [-0.1, -0.05) is 62.9 Å². The molecule has 3 amide bonds. The number of ether oxygens (including phenoxy) is 1. The van der Waals surface area contributed by atoms with Crippen LogP contribution >= 0.6 is 0 Å². The molecule has 0 saturated carbocycles. The van der Waals surface area contributed by atoms with Crippen LogP contribution in [0.3, 0.4) is 0 Å². The number of nitrogens with zero attached hydrogens (tertiary/aromatic N) is 1. The summed E-state index contributed by atoms with van der Waals surface area (Å²) < 4.78 is 5.42. The fourth-order valence-electron chi connectivity index (χ4n) is 4.05. The van der Waals surface area contributed by atoms with Crippen molar-refractivity contribution in [3.8, 4) is 0 Å². The number of carbonyl (C=O) groups is 3. The van der Waals surface area contributed by atoms with E-state index in [4.69, 9.17) is 4.74 Å². The Morgan fingerprint density at radius 3 is 2.32 bits per heavy atom. The van der Waals surface area contributed by atoms with E-state index in [0.717, 1.165) is 11.1 Å². The number of hydrogen-bond acceptors (Lipinski definition) is 4. The molecule has 0 aliphatic carbocycles. The SMILES string of the molecule is C=Cc1cccc(C(C(=O)Nc2ccccc2C)N(CC)C(=O)C(CC(C)C)NC(=O)OC(C)(C)C)c1. The number of carbonyl (C=O) groups excluding carboxylic acids is 3. The summed E-state index contributed by atoms with van der Waals surface area (Å²) in [7, 11) is 0. The van der Waals surface area contributed by atoms with E-state index in [0.29, 0.717) is 17.7 Å². The van der Waals surface area contributed by atoms with Gasteiger partial charge in [-0.2, -0.15) is 0 Å². The van der Waals surface area contributed by atoms with Gasteiger partial charge in [0.1, 0.15) is 17.7 Å². The Labute approximate surface area is 221 Å². The van der Waals surface area contributed by atoms with Crippen LogP contribution in [-0.2, 0) is 14.3 Å². The Morgan fingerprint density at radius 1 is 1.08 bits per heavy atom. The molecule has 37 heavy (non-hydrogen) atoms. The number of anilines is 1. The molecule has 0 saturated heterocycles. The highest BCUT2D eigenvalue weighted by atomic mass is 16.6. The molecule has 2 aromatic rings. The number of amides is 3. The third-order valence-electron chi connectivity index (χ3n) is 5.75. The van der Waals surface area contributed by atoms with Crippen molar-refractivity contribution < 1.29 is 19.1 Å². The number of hydrogen-bond donors (Lipinski definition) is 2. The highest BCUT2D eigenvalue weighted by molar-refractivity contribution is 5.99. The number of aryl methyl sites for hydroxylation is 1. The highest BCUT2D eigenvalue weighted by Crippen LogP contribution is 2.27. The number of para-hydroxylation sites is 1. The minimum atomic E-state index is -0.924. The summed E-state index contributed by atoms with van der Waals surface area (Å²) in [5.41, 5.74) is 2.36. The second-order valence-corrected chi connectivity index (χ2v) is 10.5. The number of rotatable bonds is 10. The van der Waals surface area contributed by atoms with Gasteiger partial charge < -0.3 is 20.3 Å². The molecule has 2 N–H and O–H groups in total. The van der Waals surface area contributed by atoms with Crippen LogP contribution < -0.4 is 10.6 Å². The smallest absolute Gasteiger partial charge is 0.408 e. The molecular weight excluding hydrogens is 466 g/mol. The maximum Gasteiger partial charge on any atom is 0.408 e. The number of benzene rings is 2. The summed E-state index contributed by atoms with van der Waals surface area (Å²) in [5, 5.41) is 5.74. The second kappa shape index (κ2) is 13.1. The van der Waals surface area contributed by atoms with Crippen LogP contribution in [0.5, 0.6) is 0 Å². The fourth-order valence-corrected chi connectivity index (χ4v) is 4.05. The van der Waals surface area contributed by atoms with Crippen LogP contribution in [-0.4, -0.2) is 41.0 Å². The number of likely N-dealkylation sites (N-methyl/N-ethyl adjacent to an activating group) is 1. The van der Waals surface area contributed by atoms with Gasteiger partial charge in [-0.15, -0.1) is 0 Å². The minimum absolute atomic E-state index is 0.117. The number of nitrogens with one attached hydrogen (secondary N) is 2. The maximum atomic E-state index is 14.0. The first kappa shape index (κ1) is 29.6. The largest absolute Gasteiger partial charge is 0.444 e. The van der Waals surface area contributed by atoms with Gasteiger partial charge in [-0.3, -0.25) is 9.59 Å². The van der Waals surface area contributed by atoms with E-state index in [1.54, 1.807) is 26.8 Å². The molecular formula is C30H41N3O4. The quantitative estimate of drug-likeness (QED) is 0.406. The summed E-state index contributed by atoms with van der Waals surface area (Å²) in [6.45, 7) is 17.1. The Morgan fingerprint density at radius 2 is 1.76 bits per heavy atom. The Kier molecular flexibility index (Phi) is 10.5. The van der Waals surface area contributed by atoms with Crippen LogP contribution in [0.15, 0.2) is 55.1 Å². The van der Waals surface area contributed by atoms with Gasteiger partial charge in [-0.05, 0) is 75.8 Å². The zero-order chi connectivity index (χ0) is 27.8. The van der Waals surface area contributed by atoms with Crippen molar-refractivity contribution in [1.29, 1.82) is 0 Å². The first-order chi connectivity index (χ1) is 17.4. The fraction of sp³-hybridized carbons (Fsp3) is 0.433. The van der Waals surface area contributed by atoms with Crippen LogP contribution in [0.25, 0.3) is 6.08 Å². The van der Waals surface area contributed by atoms with Gasteiger partial charge in [0, 0.05) is 12.2 Å². The molecule has 200 valence electrons. The molecule has 7 heteroatoms. The molecule has 2 unspecified atom stereocenters. The average Bonchev–Trinajstić information content (AvgIpc) is 2.81. The van der Waals surface area contributed by atoms with E-state index in [9.17, 15) is 14.4 Å². The predicted molar refractivity (Wildman–Crippen MR) is 149 cm³/mol. The lowest BCUT2D eigenvalue weighted by Gasteiger charge is -2.34. The third-order valence-corrected chi connectivity index (χ3v) is 5.75. The standard InChI is InChI=1S/C30H41N3O4/c1-9-22-15-13-16-23(19-22)26(27(34)31-24-17-12-11-14-21(24)5)33(10-2)28(35)25(18-20(3)4)32-29(36)37-30(6,7)8/h9,11-17,19-20,25-26H,1,10,18H2,2-8H3,(H,31,34)(H,32,36). The van der Waals surface area contributed by atoms with E-state index in [-0.39, 0.29) is 24.3 Å². The van der Waals surface area contributed by atoms with Gasteiger partial charge in [0.2, 0.25) is 5.91 Å². The molecule has 0 aliphatic heterocycles. The molecule has 0 bridgehead atoms. The summed E-state index contributed by atoms with van der Waals surface area (Å²) in [4.78, 5) is 41.9. The van der Waals surface area contributed by atoms with Gasteiger partial charge in [0.25, 0.3) is 5.91 Å². The van der Waals surface area contributed by atoms with Crippen molar-refractivity contribution in [3.63, 3.8) is 0 Å². The second-order valence-electron chi connectivity index (χ2n) is 10.5. The van der Waals surface area contributed by atoms with E-state index in [1.165, 1.54) is 4.90 Å². The van der Waals surface area contributed by atoms with Crippen LogP contribution in [0.4, 0.5) is 10.5 Å². The molecule has 2 aromatic carbocycles. The van der Waals surface area contributed by atoms with Gasteiger partial charge in [0.05, 0.1) is 0 Å². The van der Waals surface area contributed by atoms with Gasteiger partial charge >= 0.3 is 6.09 Å². The van der Waals surface area contributed by atoms with Crippen molar-refractivity contribution in [3.05, 3.63) is 71.8 Å². The maximum absolute atomic E-state index is 14.0. The topological polar surface area (TPSA) is 87.7 Å². The van der Waals surface area contributed by atoms with E-state index >= 15 is 0 Å². The monoisotopic (exact) mass is 507 g/mol. The first-order valence-corrected chi connectivity index (χ1v) is 12.7. The highest BCUT2D eigenvalue weighted by Gasteiger charge is 2.36. The summed E-state index contributed by atoms with van der Waals surface area (Å²) in [6, 6.07) is 13.1. The minimum Gasteiger partial charge on any atom is -0.444 e. The molecule has 0 fully saturated rings. The van der Waals surface area contributed by atoms with Gasteiger partial charge in [-0.25, -0.2) is 4.79 Å². The van der Waals surface area contributed by atoms with E-state index < -0.39 is 23.8 Å². The zero-order valence-corrected chi connectivity index (χ0v) is 23.1. The van der Waals surface area contributed by atoms with Crippen molar-refractivity contribution >= 4 is 29.7 Å². The molecule has 0 radical (unpaired) electrons. The summed E-state index contributed by atoms with van der Waals surface area (Å²) in [6.07, 6.45) is 1.42. The molecule has 0 heterocycles. The van der Waals surface area contributed by atoms with Crippen LogP contribution in [0.1, 0.15) is 70.7 Å². The summed E-state index contributed by atoms with van der Waals surface area (Å²) in [5.74, 6) is -0.576. The Hall–Kier alpha value is -3.61. The Bertz CT molecular complexity index is 1100. The zero-order valence-electron chi connectivity index (χ0n) is 23.1. The normalized spacial score (nSPS) is 12.9. The lowest BCUT2D eigenvalue weighted by atomic mass is 9.98. The molecule has 2 atom stereocenters. The van der Waals surface area contributed by atoms with Crippen LogP contribution in [0, 0.1) is 12.8 Å². The first-order valence-electron chi connectivity index (χ1n) is 12.7. The van der Waals surface area contributed by atoms with Crippen molar-refractivity contribution in [2.45, 2.75) is 72.6 Å². The average molecular weight is 508 g/mol. The third kappa shape index (κ3) is 8.77. The molecule has 0 spiro atoms. The van der Waals surface area contributed by atoms with Gasteiger partial charge in [0.15, 0.2) is 0 Å². The molecule has 0 aromatic heterocycles. The molecule has 7 nitrogen and oxygen atoms in total. The van der Waals surface area contributed by atoms with E-state index in [2.05, 4.69) is 17.2 Å².